The number of hydrogen-bond donors (Lipinski definition) is 5. The van der Waals surface area contributed by atoms with Gasteiger partial charge in [0.2, 0.25) is 0 Å². The predicted octanol–water partition coefficient (Wildman–Crippen LogP) is 0.470. The number of hydrogen-bond acceptors (Lipinski definition) is 11. The van der Waals surface area contributed by atoms with Gasteiger partial charge in [0.05, 0.1) is 19.0 Å². The molecule has 0 amide bonds. The van der Waals surface area contributed by atoms with Crippen molar-refractivity contribution >= 4 is 11.9 Å². The number of carbonyl (C=O) groups is 2. The van der Waals surface area contributed by atoms with Crippen LogP contribution in [0.1, 0.15) is 58.8 Å². The summed E-state index contributed by atoms with van der Waals surface area (Å²) >= 11 is 0. The lowest BCUT2D eigenvalue weighted by atomic mass is 9.99. The Balaban J connectivity index is 2.43. The Morgan fingerprint density at radius 1 is 0.970 bits per heavy atom. The molecule has 0 unspecified atom stereocenters. The molecular formula is C22H38O11. The van der Waals surface area contributed by atoms with Crippen molar-refractivity contribution < 1.29 is 54.1 Å². The normalized spacial score (nSPS) is 26.6. The Morgan fingerprint density at radius 3 is 2.27 bits per heavy atom. The van der Waals surface area contributed by atoms with Crippen LogP contribution >= 0.6 is 0 Å². The molecule has 0 bridgehead atoms. The number of unbranched alkanes of at least 4 members (excludes halogenated alkanes) is 5. The van der Waals surface area contributed by atoms with Crippen molar-refractivity contribution in [1.82, 2.24) is 0 Å². The topological polar surface area (TPSA) is 172 Å². The monoisotopic (exact) mass is 478 g/mol. The van der Waals surface area contributed by atoms with Crippen LogP contribution in [-0.4, -0.2) is 94.1 Å². The van der Waals surface area contributed by atoms with E-state index in [0.29, 0.717) is 12.2 Å². The molecule has 11 heteroatoms. The van der Waals surface area contributed by atoms with Gasteiger partial charge in [-0.3, -0.25) is 9.59 Å². The minimum Gasteiger partial charge on any atom is -0.513 e. The van der Waals surface area contributed by atoms with Gasteiger partial charge >= 0.3 is 11.9 Å². The molecule has 6 atom stereocenters. The molecule has 1 aliphatic rings. The Hall–Kier alpha value is -1.76. The van der Waals surface area contributed by atoms with Gasteiger partial charge in [0.25, 0.3) is 0 Å². The van der Waals surface area contributed by atoms with Gasteiger partial charge in [-0.05, 0) is 32.3 Å². The maximum absolute atomic E-state index is 12.2. The quantitative estimate of drug-likeness (QED) is 0.126. The average Bonchev–Trinajstić information content (AvgIpc) is 2.76. The summed E-state index contributed by atoms with van der Waals surface area (Å²) in [5.41, 5.74) is 0. The predicted molar refractivity (Wildman–Crippen MR) is 115 cm³/mol. The van der Waals surface area contributed by atoms with Gasteiger partial charge in [-0.1, -0.05) is 19.3 Å². The van der Waals surface area contributed by atoms with E-state index in [-0.39, 0.29) is 19.6 Å². The van der Waals surface area contributed by atoms with Gasteiger partial charge in [-0.15, -0.1) is 0 Å². The van der Waals surface area contributed by atoms with Crippen LogP contribution < -0.4 is 0 Å². The van der Waals surface area contributed by atoms with E-state index < -0.39 is 55.4 Å². The Labute approximate surface area is 193 Å². The van der Waals surface area contributed by atoms with Crippen LogP contribution in [0.2, 0.25) is 0 Å². The first-order chi connectivity index (χ1) is 15.6. The summed E-state index contributed by atoms with van der Waals surface area (Å²) in [6.45, 7) is 1.66. The first-order valence-corrected chi connectivity index (χ1v) is 11.3. The third kappa shape index (κ3) is 11.8. The van der Waals surface area contributed by atoms with Crippen molar-refractivity contribution in [1.29, 1.82) is 0 Å². The van der Waals surface area contributed by atoms with E-state index >= 15 is 0 Å². The van der Waals surface area contributed by atoms with Gasteiger partial charge in [0, 0.05) is 13.3 Å². The molecule has 0 aromatic rings. The largest absolute Gasteiger partial charge is 0.513 e. The lowest BCUT2D eigenvalue weighted by Crippen LogP contribution is -2.59. The van der Waals surface area contributed by atoms with Gasteiger partial charge in [0.1, 0.15) is 31.0 Å². The van der Waals surface area contributed by atoms with E-state index in [1.165, 1.54) is 6.92 Å². The number of aliphatic hydroxyl groups excluding tert-OH is 5. The Morgan fingerprint density at radius 2 is 1.64 bits per heavy atom. The van der Waals surface area contributed by atoms with Crippen molar-refractivity contribution in [2.75, 3.05) is 19.8 Å². The molecule has 1 saturated heterocycles. The van der Waals surface area contributed by atoms with Crippen LogP contribution in [0, 0.1) is 0 Å². The summed E-state index contributed by atoms with van der Waals surface area (Å²) < 4.78 is 20.9. The van der Waals surface area contributed by atoms with Crippen LogP contribution in [0.25, 0.3) is 0 Å². The minimum absolute atomic E-state index is 0.173. The van der Waals surface area contributed by atoms with E-state index in [4.69, 9.17) is 24.1 Å². The molecule has 5 N–H and O–H groups in total. The molecule has 1 heterocycles. The van der Waals surface area contributed by atoms with E-state index in [9.17, 15) is 30.0 Å². The lowest BCUT2D eigenvalue weighted by Gasteiger charge is -2.39. The zero-order valence-corrected chi connectivity index (χ0v) is 19.3. The molecule has 1 fully saturated rings. The smallest absolute Gasteiger partial charge is 0.306 e. The highest BCUT2D eigenvalue weighted by molar-refractivity contribution is 5.69. The number of aliphatic hydroxyl groups is 5. The van der Waals surface area contributed by atoms with Crippen molar-refractivity contribution in [3.05, 3.63) is 11.8 Å². The van der Waals surface area contributed by atoms with Crippen molar-refractivity contribution in [3.8, 4) is 0 Å². The minimum atomic E-state index is -1.60. The molecule has 0 aliphatic carbocycles. The molecule has 1 aliphatic heterocycles. The highest BCUT2D eigenvalue weighted by Gasteiger charge is 2.44. The first kappa shape index (κ1) is 29.3. The molecule has 0 aromatic heterocycles. The number of carbonyl (C=O) groups excluding carboxylic acids is 2. The van der Waals surface area contributed by atoms with E-state index in [0.717, 1.165) is 32.1 Å². The van der Waals surface area contributed by atoms with E-state index in [2.05, 4.69) is 0 Å². The second kappa shape index (κ2) is 16.0. The molecule has 192 valence electrons. The third-order valence-corrected chi connectivity index (χ3v) is 5.09. The highest BCUT2D eigenvalue weighted by Crippen LogP contribution is 2.22. The van der Waals surface area contributed by atoms with Crippen LogP contribution in [0.15, 0.2) is 11.8 Å². The maximum Gasteiger partial charge on any atom is 0.306 e. The van der Waals surface area contributed by atoms with Gasteiger partial charge in [-0.2, -0.15) is 0 Å². The molecule has 33 heavy (non-hydrogen) atoms. The van der Waals surface area contributed by atoms with E-state index in [1.54, 1.807) is 13.0 Å². The molecule has 0 aromatic carbocycles. The lowest BCUT2D eigenvalue weighted by molar-refractivity contribution is -0.305. The zero-order valence-electron chi connectivity index (χ0n) is 19.3. The standard InChI is InChI=1S/C22H38O11/c1-14(24)9-7-5-3-4-6-8-10-18(26)32-16(12-30-15(2)25)13-31-22-21(29)20(28)19(27)17(11-23)33-22/h9,16-17,19-24,27-29H,3-8,10-13H2,1-2H3/b14-9-/t16-,17-,19+,20+,21-,22-/m1/s1. The Bertz CT molecular complexity index is 603. The van der Waals surface area contributed by atoms with Crippen LogP contribution in [0.3, 0.4) is 0 Å². The fraction of sp³-hybridized carbons (Fsp3) is 0.818. The fourth-order valence-corrected chi connectivity index (χ4v) is 3.23. The van der Waals surface area contributed by atoms with E-state index in [1.807, 2.05) is 0 Å². The van der Waals surface area contributed by atoms with Crippen LogP contribution in [0.4, 0.5) is 0 Å². The summed E-state index contributed by atoms with van der Waals surface area (Å²) in [7, 11) is 0. The van der Waals surface area contributed by atoms with Crippen LogP contribution in [0.5, 0.6) is 0 Å². The molecule has 1 rings (SSSR count). The van der Waals surface area contributed by atoms with Crippen molar-refractivity contribution in [3.63, 3.8) is 0 Å². The van der Waals surface area contributed by atoms with Gasteiger partial charge in [-0.25, -0.2) is 0 Å². The average molecular weight is 479 g/mol. The Kier molecular flexibility index (Phi) is 14.2. The van der Waals surface area contributed by atoms with Crippen molar-refractivity contribution in [2.45, 2.75) is 95.6 Å². The maximum atomic E-state index is 12.2. The second-order valence-corrected chi connectivity index (χ2v) is 8.10. The number of allylic oxidation sites excluding steroid dienone is 2. The van der Waals surface area contributed by atoms with Gasteiger partial charge < -0.3 is 44.5 Å². The molecule has 0 saturated carbocycles. The van der Waals surface area contributed by atoms with Gasteiger partial charge in [0.15, 0.2) is 12.4 Å². The third-order valence-electron chi connectivity index (χ3n) is 5.09. The summed E-state index contributed by atoms with van der Waals surface area (Å²) in [5.74, 6) is -0.755. The molecular weight excluding hydrogens is 440 g/mol. The summed E-state index contributed by atoms with van der Waals surface area (Å²) in [4.78, 5) is 23.3. The summed E-state index contributed by atoms with van der Waals surface area (Å²) in [6.07, 6.45) is -1.08. The van der Waals surface area contributed by atoms with Crippen LogP contribution in [-0.2, 0) is 28.5 Å². The second-order valence-electron chi connectivity index (χ2n) is 8.10. The number of ether oxygens (including phenoxy) is 4. The number of rotatable bonds is 15. The molecule has 0 spiro atoms. The highest BCUT2D eigenvalue weighted by atomic mass is 16.7. The zero-order chi connectivity index (χ0) is 24.8. The van der Waals surface area contributed by atoms with Crippen molar-refractivity contribution in [2.24, 2.45) is 0 Å². The fourth-order valence-electron chi connectivity index (χ4n) is 3.23. The number of esters is 2. The first-order valence-electron chi connectivity index (χ1n) is 11.3. The summed E-state index contributed by atoms with van der Waals surface area (Å²) in [6, 6.07) is 0. The SMILES string of the molecule is CC(=O)OC[C@H](CO[C@@H]1O[C@H](CO)[C@H](O)[C@H](O)[C@H]1O)OC(=O)CCCCCCC/C=C(/C)O. The summed E-state index contributed by atoms with van der Waals surface area (Å²) in [5, 5.41) is 48.0. The molecule has 0 radical (unpaired) electrons. The molecule has 11 nitrogen and oxygen atoms in total.